The molecule has 2 rings (SSSR count). The number of halogens is 2. The molecule has 2 heterocycles. The van der Waals surface area contributed by atoms with Gasteiger partial charge in [-0.1, -0.05) is 0 Å². The lowest BCUT2D eigenvalue weighted by Crippen LogP contribution is -2.53. The Kier molecular flexibility index (Phi) is 3.39. The predicted octanol–water partition coefficient (Wildman–Crippen LogP) is -0.0404. The summed E-state index contributed by atoms with van der Waals surface area (Å²) in [6.07, 6.45) is 0.957. The van der Waals surface area contributed by atoms with Gasteiger partial charge in [-0.15, -0.1) is 0 Å². The summed E-state index contributed by atoms with van der Waals surface area (Å²) < 4.78 is 18.7. The number of ether oxygens (including phenoxy) is 1. The van der Waals surface area contributed by atoms with E-state index in [1.54, 1.807) is 0 Å². The number of hydrogen-bond donors (Lipinski definition) is 1. The van der Waals surface area contributed by atoms with Crippen molar-refractivity contribution < 1.29 is 13.9 Å². The molecule has 0 saturated carbocycles. The topological polar surface area (TPSA) is 81.3 Å². The van der Waals surface area contributed by atoms with Crippen molar-refractivity contribution in [2.75, 3.05) is 24.7 Å². The van der Waals surface area contributed by atoms with Gasteiger partial charge in [0.25, 0.3) is 0 Å². The first-order chi connectivity index (χ1) is 8.09. The molecule has 92 valence electrons. The fourth-order valence-electron chi connectivity index (χ4n) is 1.63. The second kappa shape index (κ2) is 4.80. The molecule has 1 aliphatic heterocycles. The summed E-state index contributed by atoms with van der Waals surface area (Å²) in [4.78, 5) is 20.0. The molecule has 1 aliphatic rings. The van der Waals surface area contributed by atoms with Crippen LogP contribution < -0.4 is 10.6 Å². The normalized spacial score (nSPS) is 20.4. The third-order valence-electron chi connectivity index (χ3n) is 2.43. The number of morpholine rings is 1. The van der Waals surface area contributed by atoms with E-state index in [1.165, 1.54) is 4.90 Å². The lowest BCUT2D eigenvalue weighted by molar-refractivity contribution is -0.121. The zero-order chi connectivity index (χ0) is 12.4. The van der Waals surface area contributed by atoms with Crippen LogP contribution in [0.1, 0.15) is 0 Å². The Morgan fingerprint density at radius 2 is 2.47 bits per heavy atom. The minimum atomic E-state index is -0.746. The first kappa shape index (κ1) is 12.0. The van der Waals surface area contributed by atoms with E-state index in [9.17, 15) is 9.18 Å². The number of primary amides is 1. The molecule has 0 spiro atoms. The van der Waals surface area contributed by atoms with Gasteiger partial charge >= 0.3 is 0 Å². The van der Waals surface area contributed by atoms with Crippen molar-refractivity contribution in [2.24, 2.45) is 5.73 Å². The number of aromatic nitrogens is 2. The highest BCUT2D eigenvalue weighted by Crippen LogP contribution is 2.21. The van der Waals surface area contributed by atoms with E-state index in [4.69, 9.17) is 22.1 Å². The molecular formula is C9H10ClFN4O2. The van der Waals surface area contributed by atoms with Crippen LogP contribution in [0.25, 0.3) is 0 Å². The first-order valence-electron chi connectivity index (χ1n) is 4.91. The molecule has 0 aromatic carbocycles. The quantitative estimate of drug-likeness (QED) is 0.755. The minimum Gasteiger partial charge on any atom is -0.377 e. The third-order valence-corrected chi connectivity index (χ3v) is 2.61. The smallest absolute Gasteiger partial charge is 0.242 e. The monoisotopic (exact) mass is 260 g/mol. The lowest BCUT2D eigenvalue weighted by atomic mass is 10.2. The van der Waals surface area contributed by atoms with E-state index in [1.807, 2.05) is 0 Å². The Bertz CT molecular complexity index is 445. The predicted molar refractivity (Wildman–Crippen MR) is 58.1 cm³/mol. The van der Waals surface area contributed by atoms with Gasteiger partial charge in [-0.3, -0.25) is 4.79 Å². The minimum absolute atomic E-state index is 0.0305. The van der Waals surface area contributed by atoms with E-state index < -0.39 is 17.8 Å². The number of carbonyl (C=O) groups is 1. The van der Waals surface area contributed by atoms with E-state index in [0.717, 1.165) is 6.20 Å². The Morgan fingerprint density at radius 3 is 3.18 bits per heavy atom. The largest absolute Gasteiger partial charge is 0.377 e. The number of carbonyl (C=O) groups excluding carboxylic acids is 1. The molecule has 0 bridgehead atoms. The summed E-state index contributed by atoms with van der Waals surface area (Å²) in [6.45, 7) is 0.791. The summed E-state index contributed by atoms with van der Waals surface area (Å²) in [5, 5.41) is -0.0869. The molecule has 1 aromatic heterocycles. The van der Waals surface area contributed by atoms with Gasteiger partial charge in [0.05, 0.1) is 19.4 Å². The van der Waals surface area contributed by atoms with Crippen molar-refractivity contribution in [2.45, 2.75) is 6.04 Å². The molecule has 1 saturated heterocycles. The first-order valence-corrected chi connectivity index (χ1v) is 5.29. The van der Waals surface area contributed by atoms with Crippen LogP contribution in [-0.4, -0.2) is 41.7 Å². The van der Waals surface area contributed by atoms with Gasteiger partial charge in [0.1, 0.15) is 6.04 Å². The van der Waals surface area contributed by atoms with Gasteiger partial charge in [-0.25, -0.2) is 9.37 Å². The molecular weight excluding hydrogens is 251 g/mol. The molecule has 1 aromatic rings. The van der Waals surface area contributed by atoms with E-state index in [-0.39, 0.29) is 17.7 Å². The van der Waals surface area contributed by atoms with E-state index in [2.05, 4.69) is 9.97 Å². The molecule has 1 amide bonds. The standard InChI is InChI=1S/C9H10ClFN4O2/c10-9-13-3-5(11)8(14-9)15-1-2-17-4-6(15)7(12)16/h3,6H,1-2,4H2,(H2,12,16). The van der Waals surface area contributed by atoms with Crippen LogP contribution in [0.5, 0.6) is 0 Å². The maximum Gasteiger partial charge on any atom is 0.242 e. The molecule has 1 atom stereocenters. The van der Waals surface area contributed by atoms with Crippen molar-refractivity contribution in [1.82, 2.24) is 9.97 Å². The number of rotatable bonds is 2. The van der Waals surface area contributed by atoms with Crippen molar-refractivity contribution in [3.8, 4) is 0 Å². The number of nitrogens with two attached hydrogens (primary N) is 1. The highest BCUT2D eigenvalue weighted by atomic mass is 35.5. The van der Waals surface area contributed by atoms with Gasteiger partial charge in [0, 0.05) is 6.54 Å². The highest BCUT2D eigenvalue weighted by Gasteiger charge is 2.30. The molecule has 8 heteroatoms. The van der Waals surface area contributed by atoms with Crippen LogP contribution in [0.15, 0.2) is 6.20 Å². The van der Waals surface area contributed by atoms with Crippen LogP contribution in [0.3, 0.4) is 0 Å². The highest BCUT2D eigenvalue weighted by molar-refractivity contribution is 6.28. The summed E-state index contributed by atoms with van der Waals surface area (Å²) in [5.74, 6) is -1.28. The van der Waals surface area contributed by atoms with Crippen LogP contribution in [0, 0.1) is 5.82 Å². The van der Waals surface area contributed by atoms with Crippen LogP contribution >= 0.6 is 11.6 Å². The van der Waals surface area contributed by atoms with Gasteiger partial charge in [-0.2, -0.15) is 4.98 Å². The maximum absolute atomic E-state index is 13.6. The molecule has 2 N–H and O–H groups in total. The summed E-state index contributed by atoms with van der Waals surface area (Å²) in [6, 6.07) is -0.746. The lowest BCUT2D eigenvalue weighted by Gasteiger charge is -2.34. The summed E-state index contributed by atoms with van der Waals surface area (Å²) in [5.41, 5.74) is 5.22. The molecule has 0 radical (unpaired) electrons. The van der Waals surface area contributed by atoms with Crippen molar-refractivity contribution in [3.63, 3.8) is 0 Å². The number of nitrogens with zero attached hydrogens (tertiary/aromatic N) is 3. The number of hydrogen-bond acceptors (Lipinski definition) is 5. The third kappa shape index (κ3) is 2.45. The van der Waals surface area contributed by atoms with Crippen LogP contribution in [0.4, 0.5) is 10.2 Å². The fraction of sp³-hybridized carbons (Fsp3) is 0.444. The molecule has 0 aliphatic carbocycles. The fourth-order valence-corrected chi connectivity index (χ4v) is 1.76. The van der Waals surface area contributed by atoms with Crippen molar-refractivity contribution >= 4 is 23.3 Å². The van der Waals surface area contributed by atoms with Crippen molar-refractivity contribution in [1.29, 1.82) is 0 Å². The Morgan fingerprint density at radius 1 is 1.71 bits per heavy atom. The Balaban J connectivity index is 2.35. The van der Waals surface area contributed by atoms with Gasteiger partial charge < -0.3 is 15.4 Å². The van der Waals surface area contributed by atoms with Crippen LogP contribution in [-0.2, 0) is 9.53 Å². The summed E-state index contributed by atoms with van der Waals surface area (Å²) >= 11 is 5.60. The Hall–Kier alpha value is -1.47. The van der Waals surface area contributed by atoms with Gasteiger partial charge in [-0.05, 0) is 11.6 Å². The average molecular weight is 261 g/mol. The zero-order valence-electron chi connectivity index (χ0n) is 8.77. The molecule has 1 fully saturated rings. The second-order valence-corrected chi connectivity index (χ2v) is 3.84. The molecule has 1 unspecified atom stereocenters. The zero-order valence-corrected chi connectivity index (χ0v) is 9.52. The second-order valence-electron chi connectivity index (χ2n) is 3.50. The average Bonchev–Trinajstić information content (AvgIpc) is 2.32. The maximum atomic E-state index is 13.6. The van der Waals surface area contributed by atoms with E-state index >= 15 is 0 Å². The van der Waals surface area contributed by atoms with Crippen LogP contribution in [0.2, 0.25) is 5.28 Å². The number of anilines is 1. The molecule has 17 heavy (non-hydrogen) atoms. The Labute approximate surface area is 102 Å². The molecule has 6 nitrogen and oxygen atoms in total. The van der Waals surface area contributed by atoms with Gasteiger partial charge in [0.2, 0.25) is 11.2 Å². The SMILES string of the molecule is NC(=O)C1COCCN1c1nc(Cl)ncc1F. The van der Waals surface area contributed by atoms with Crippen molar-refractivity contribution in [3.05, 3.63) is 17.3 Å². The number of amides is 1. The van der Waals surface area contributed by atoms with E-state index in [0.29, 0.717) is 13.2 Å². The van der Waals surface area contributed by atoms with Gasteiger partial charge in [0.15, 0.2) is 11.6 Å². The summed E-state index contributed by atoms with van der Waals surface area (Å²) in [7, 11) is 0.